The molecule has 0 radical (unpaired) electrons. The van der Waals surface area contributed by atoms with Crippen molar-refractivity contribution in [2.24, 2.45) is 0 Å². The molecule has 3 aromatic carbocycles. The number of carbonyl (C=O) groups is 1. The summed E-state index contributed by atoms with van der Waals surface area (Å²) in [6.07, 6.45) is 0. The zero-order valence-electron chi connectivity index (χ0n) is 19.5. The number of halogens is 2. The topological polar surface area (TPSA) is 137 Å². The second kappa shape index (κ2) is 11.6. The van der Waals surface area contributed by atoms with E-state index in [1.165, 1.54) is 36.4 Å². The molecule has 38 heavy (non-hydrogen) atoms. The maximum Gasteiger partial charge on any atom is 1.00 e. The van der Waals surface area contributed by atoms with E-state index >= 15 is 0 Å². The molecule has 1 heterocycles. The van der Waals surface area contributed by atoms with Crippen LogP contribution in [0.1, 0.15) is 10.4 Å². The fraction of sp³-hybridized carbons (Fsp3) is 0. The Bertz CT molecular complexity index is 1850. The quantitative estimate of drug-likeness (QED) is 0.124. The molecule has 0 unspecified atom stereocenters. The first-order valence-corrected chi connectivity index (χ1v) is 14.1. The summed E-state index contributed by atoms with van der Waals surface area (Å²) < 4.78 is 41.0. The predicted molar refractivity (Wildman–Crippen MR) is 154 cm³/mol. The van der Waals surface area contributed by atoms with Crippen LogP contribution in [0.15, 0.2) is 86.9 Å². The van der Waals surface area contributed by atoms with Gasteiger partial charge in [-0.2, -0.15) is 0 Å². The Morgan fingerprint density at radius 2 is 1.61 bits per heavy atom. The molecule has 0 saturated heterocycles. The largest absolute Gasteiger partial charge is 1.00 e. The SMILES string of the molecule is O=C(Nc1c(I)cc(S(=O)(=O)[O-])cc1I)c1ccccc1-c1c2ccc(=O)cc-2oc2cc(O)ccc12.[K+]. The van der Waals surface area contributed by atoms with Crippen LogP contribution in [-0.2, 0) is 10.1 Å². The second-order valence-corrected chi connectivity index (χ2v) is 11.7. The van der Waals surface area contributed by atoms with E-state index in [1.54, 1.807) is 36.4 Å². The number of aromatic hydroxyl groups is 1. The molecule has 0 saturated carbocycles. The Hall–Kier alpha value is -1.37. The molecule has 1 amide bonds. The molecule has 0 spiro atoms. The van der Waals surface area contributed by atoms with Crippen molar-refractivity contribution in [1.29, 1.82) is 0 Å². The van der Waals surface area contributed by atoms with Crippen LogP contribution in [-0.4, -0.2) is 24.0 Å². The zero-order chi connectivity index (χ0) is 26.5. The summed E-state index contributed by atoms with van der Waals surface area (Å²) in [4.78, 5) is 25.2. The smallest absolute Gasteiger partial charge is 0.744 e. The van der Waals surface area contributed by atoms with Gasteiger partial charge in [-0.1, -0.05) is 18.2 Å². The summed E-state index contributed by atoms with van der Waals surface area (Å²) in [5, 5.41) is 13.5. The van der Waals surface area contributed by atoms with Crippen LogP contribution < -0.4 is 62.1 Å². The summed E-state index contributed by atoms with van der Waals surface area (Å²) in [5.41, 5.74) is 2.56. The van der Waals surface area contributed by atoms with E-state index in [1.807, 2.05) is 45.2 Å². The maximum atomic E-state index is 13.6. The number of anilines is 1. The van der Waals surface area contributed by atoms with E-state index in [0.29, 0.717) is 51.8 Å². The van der Waals surface area contributed by atoms with Crippen LogP contribution in [0, 0.1) is 7.14 Å². The summed E-state index contributed by atoms with van der Waals surface area (Å²) in [5.74, 6) is -0.182. The van der Waals surface area contributed by atoms with Crippen LogP contribution in [0.5, 0.6) is 5.75 Å². The van der Waals surface area contributed by atoms with Gasteiger partial charge in [0.25, 0.3) is 5.91 Å². The van der Waals surface area contributed by atoms with E-state index in [4.69, 9.17) is 4.42 Å². The van der Waals surface area contributed by atoms with Crippen molar-refractivity contribution in [2.45, 2.75) is 4.90 Å². The average molecular weight is 777 g/mol. The summed E-state index contributed by atoms with van der Waals surface area (Å²) in [7, 11) is -4.66. The Morgan fingerprint density at radius 3 is 2.29 bits per heavy atom. The van der Waals surface area contributed by atoms with Crippen LogP contribution in [0.3, 0.4) is 0 Å². The number of phenolic OH excluding ortho intramolecular Hbond substituents is 1. The number of amides is 1. The van der Waals surface area contributed by atoms with Gasteiger partial charge in [0, 0.05) is 41.3 Å². The minimum absolute atomic E-state index is 0. The Balaban J connectivity index is 0.00000336. The van der Waals surface area contributed by atoms with Crippen molar-refractivity contribution in [3.63, 3.8) is 0 Å². The summed E-state index contributed by atoms with van der Waals surface area (Å²) in [6, 6.07) is 18.3. The van der Waals surface area contributed by atoms with Gasteiger partial charge in [0.2, 0.25) is 0 Å². The van der Waals surface area contributed by atoms with E-state index in [-0.39, 0.29) is 67.5 Å². The number of hydrogen-bond donors (Lipinski definition) is 2. The molecule has 12 heteroatoms. The number of carbonyl (C=O) groups excluding carboxylic acids is 1. The number of rotatable bonds is 4. The molecule has 0 atom stereocenters. The van der Waals surface area contributed by atoms with Crippen LogP contribution in [0.4, 0.5) is 5.69 Å². The average Bonchev–Trinajstić information content (AvgIpc) is 2.83. The van der Waals surface area contributed by atoms with Crippen molar-refractivity contribution in [3.05, 3.63) is 95.7 Å². The molecule has 8 nitrogen and oxygen atoms in total. The van der Waals surface area contributed by atoms with Gasteiger partial charge in [0.15, 0.2) is 5.43 Å². The Kier molecular flexibility index (Phi) is 9.05. The standard InChI is InChI=1S/C26H15I2NO7S.K/c27-20-11-15(37(33,34)35)12-21(28)25(20)29-26(32)17-4-2-1-3-16(17)24-18-7-5-13(30)9-22(18)36-23-10-14(31)6-8-19(23)24;/h1-12,30H,(H,29,32)(H,33,34,35);/q;+1/p-1. The first kappa shape index (κ1) is 29.6. The zero-order valence-corrected chi connectivity index (χ0v) is 27.7. The Labute approximate surface area is 286 Å². The third-order valence-electron chi connectivity index (χ3n) is 5.66. The molecular weight excluding hydrogens is 763 g/mol. The summed E-state index contributed by atoms with van der Waals surface area (Å²) in [6.45, 7) is 0. The number of phenols is 1. The molecule has 0 fully saturated rings. The molecule has 2 aliphatic rings. The minimum atomic E-state index is -4.66. The number of benzene rings is 4. The molecule has 1 aliphatic heterocycles. The van der Waals surface area contributed by atoms with Crippen molar-refractivity contribution in [3.8, 4) is 28.2 Å². The third kappa shape index (κ3) is 5.88. The minimum Gasteiger partial charge on any atom is -0.744 e. The van der Waals surface area contributed by atoms with Crippen molar-refractivity contribution in [2.75, 3.05) is 5.32 Å². The van der Waals surface area contributed by atoms with Gasteiger partial charge in [-0.3, -0.25) is 9.59 Å². The first-order valence-electron chi connectivity index (χ1n) is 10.6. The third-order valence-corrected chi connectivity index (χ3v) is 8.18. The van der Waals surface area contributed by atoms with Crippen molar-refractivity contribution in [1.82, 2.24) is 0 Å². The van der Waals surface area contributed by atoms with E-state index in [0.717, 1.165) is 0 Å². The fourth-order valence-electron chi connectivity index (χ4n) is 4.04. The van der Waals surface area contributed by atoms with Crippen molar-refractivity contribution < 1.29 is 78.7 Å². The summed E-state index contributed by atoms with van der Waals surface area (Å²) >= 11 is 3.73. The number of fused-ring (bicyclic) bond motifs is 2. The van der Waals surface area contributed by atoms with Crippen LogP contribution >= 0.6 is 45.2 Å². The molecule has 5 rings (SSSR count). The second-order valence-electron chi connectivity index (χ2n) is 8.03. The van der Waals surface area contributed by atoms with Gasteiger partial charge < -0.3 is 19.4 Å². The molecule has 1 aliphatic carbocycles. The first-order chi connectivity index (χ1) is 17.5. The maximum absolute atomic E-state index is 13.6. The Morgan fingerprint density at radius 1 is 0.921 bits per heavy atom. The molecule has 0 bridgehead atoms. The van der Waals surface area contributed by atoms with Gasteiger partial charge >= 0.3 is 51.4 Å². The van der Waals surface area contributed by atoms with Gasteiger partial charge in [0.1, 0.15) is 27.2 Å². The van der Waals surface area contributed by atoms with Crippen molar-refractivity contribution >= 4 is 77.9 Å². The number of hydrogen-bond acceptors (Lipinski definition) is 7. The van der Waals surface area contributed by atoms with E-state index < -0.39 is 16.0 Å². The van der Waals surface area contributed by atoms with Gasteiger partial charge in [-0.25, -0.2) is 8.42 Å². The van der Waals surface area contributed by atoms with Gasteiger partial charge in [0.05, 0.1) is 10.6 Å². The number of nitrogens with one attached hydrogen (secondary N) is 1. The molecule has 186 valence electrons. The van der Waals surface area contributed by atoms with E-state index in [2.05, 4.69) is 5.32 Å². The van der Waals surface area contributed by atoms with Crippen LogP contribution in [0.2, 0.25) is 0 Å². The molecule has 3 aromatic rings. The van der Waals surface area contributed by atoms with E-state index in [9.17, 15) is 27.7 Å². The van der Waals surface area contributed by atoms with Crippen LogP contribution in [0.25, 0.3) is 33.4 Å². The predicted octanol–water partition coefficient (Wildman–Crippen LogP) is 2.64. The molecular formula is C26H14I2KNO7S. The van der Waals surface area contributed by atoms with Gasteiger partial charge in [-0.05, 0) is 93.2 Å². The normalized spacial score (nSPS) is 11.3. The molecule has 2 N–H and O–H groups in total. The molecule has 0 aromatic heterocycles. The van der Waals surface area contributed by atoms with Gasteiger partial charge in [-0.15, -0.1) is 0 Å². The monoisotopic (exact) mass is 777 g/mol. The fourth-order valence-corrected chi connectivity index (χ4v) is 7.03.